The number of nitrogens with zero attached hydrogens (tertiary/aromatic N) is 4. The van der Waals surface area contributed by atoms with Crippen LogP contribution in [0.3, 0.4) is 0 Å². The number of sulfonamides is 1. The maximum Gasteiger partial charge on any atom is 0.243 e. The highest BCUT2D eigenvalue weighted by Gasteiger charge is 2.26. The Labute approximate surface area is 200 Å². The molecule has 6 nitrogen and oxygen atoms in total. The smallest absolute Gasteiger partial charge is 0.243 e. The molecule has 2 aliphatic rings. The highest BCUT2D eigenvalue weighted by Crippen LogP contribution is 2.28. The lowest BCUT2D eigenvalue weighted by Gasteiger charge is -2.37. The van der Waals surface area contributed by atoms with Crippen LogP contribution in [0.1, 0.15) is 24.8 Å². The van der Waals surface area contributed by atoms with Gasteiger partial charge in [0.15, 0.2) is 0 Å². The van der Waals surface area contributed by atoms with E-state index in [4.69, 9.17) is 16.6 Å². The lowest BCUT2D eigenvalue weighted by molar-refractivity contribution is 0.346. The fourth-order valence-corrected chi connectivity index (χ4v) is 6.50. The van der Waals surface area contributed by atoms with Crippen molar-refractivity contribution in [3.63, 3.8) is 0 Å². The van der Waals surface area contributed by atoms with E-state index in [0.29, 0.717) is 18.0 Å². The van der Waals surface area contributed by atoms with Crippen LogP contribution in [0.5, 0.6) is 0 Å². The topological polar surface area (TPSA) is 56.8 Å². The molecule has 5 rings (SSSR count). The minimum atomic E-state index is -3.44. The second-order valence-electron chi connectivity index (χ2n) is 8.89. The number of rotatable bonds is 4. The summed E-state index contributed by atoms with van der Waals surface area (Å²) >= 11 is 6.21. The third-order valence-corrected chi connectivity index (χ3v) is 8.84. The second-order valence-corrected chi connectivity index (χ2v) is 11.3. The molecule has 0 unspecified atom stereocenters. The van der Waals surface area contributed by atoms with Crippen molar-refractivity contribution in [1.82, 2.24) is 9.29 Å². The van der Waals surface area contributed by atoms with Gasteiger partial charge in [0.05, 0.1) is 10.4 Å². The van der Waals surface area contributed by atoms with E-state index in [1.807, 2.05) is 30.3 Å². The van der Waals surface area contributed by atoms with Crippen molar-refractivity contribution in [2.45, 2.75) is 31.1 Å². The number of piperidine rings is 1. The molecule has 8 heteroatoms. The Bertz CT molecular complexity index is 1270. The average Bonchev–Trinajstić information content (AvgIpc) is 2.85. The Hall–Kier alpha value is -2.35. The molecule has 0 bridgehead atoms. The summed E-state index contributed by atoms with van der Waals surface area (Å²) in [6.45, 7) is 6.86. The van der Waals surface area contributed by atoms with Gasteiger partial charge in [0.1, 0.15) is 5.82 Å². The van der Waals surface area contributed by atoms with Crippen molar-refractivity contribution in [3.05, 3.63) is 59.1 Å². The standard InChI is InChI=1S/C25H29ClN4O2S/c1-19-5-7-21(26)18-24(19)28-13-15-29(16-14-28)25-10-6-20-17-22(8-9-23(20)27-25)33(31,32)30-11-3-2-4-12-30/h5-10,17-18H,2-4,11-16H2,1H3. The van der Waals surface area contributed by atoms with Crippen molar-refractivity contribution in [2.24, 2.45) is 0 Å². The maximum atomic E-state index is 13.0. The van der Waals surface area contributed by atoms with Gasteiger partial charge >= 0.3 is 0 Å². The van der Waals surface area contributed by atoms with Gasteiger partial charge in [0.2, 0.25) is 10.0 Å². The van der Waals surface area contributed by atoms with Crippen molar-refractivity contribution in [2.75, 3.05) is 49.1 Å². The van der Waals surface area contributed by atoms with Gasteiger partial charge in [-0.3, -0.25) is 0 Å². The predicted molar refractivity (Wildman–Crippen MR) is 135 cm³/mol. The van der Waals surface area contributed by atoms with Gasteiger partial charge < -0.3 is 9.80 Å². The van der Waals surface area contributed by atoms with E-state index >= 15 is 0 Å². The van der Waals surface area contributed by atoms with Crippen LogP contribution in [0.25, 0.3) is 10.9 Å². The van der Waals surface area contributed by atoms with Gasteiger partial charge in [-0.25, -0.2) is 13.4 Å². The summed E-state index contributed by atoms with van der Waals surface area (Å²) < 4.78 is 27.7. The Morgan fingerprint density at radius 3 is 2.30 bits per heavy atom. The predicted octanol–water partition coefficient (Wildman–Crippen LogP) is 4.70. The zero-order valence-corrected chi connectivity index (χ0v) is 20.4. The number of fused-ring (bicyclic) bond motifs is 1. The van der Waals surface area contributed by atoms with Gasteiger partial charge in [-0.15, -0.1) is 0 Å². The summed E-state index contributed by atoms with van der Waals surface area (Å²) in [5, 5.41) is 1.61. The van der Waals surface area contributed by atoms with Crippen LogP contribution < -0.4 is 9.80 Å². The van der Waals surface area contributed by atoms with E-state index in [-0.39, 0.29) is 0 Å². The number of halogens is 1. The van der Waals surface area contributed by atoms with E-state index in [1.54, 1.807) is 16.4 Å². The summed E-state index contributed by atoms with van der Waals surface area (Å²) in [5.74, 6) is 0.927. The number of aromatic nitrogens is 1. The normalized spacial score (nSPS) is 18.1. The Morgan fingerprint density at radius 1 is 0.818 bits per heavy atom. The number of pyridine rings is 1. The quantitative estimate of drug-likeness (QED) is 0.537. The van der Waals surface area contributed by atoms with Gasteiger partial charge in [0, 0.05) is 55.4 Å². The molecule has 0 aliphatic carbocycles. The Balaban J connectivity index is 1.32. The summed E-state index contributed by atoms with van der Waals surface area (Å²) in [6.07, 6.45) is 2.97. The number of hydrogen-bond donors (Lipinski definition) is 0. The lowest BCUT2D eigenvalue weighted by atomic mass is 10.1. The van der Waals surface area contributed by atoms with E-state index in [0.717, 1.165) is 67.2 Å². The molecule has 3 heterocycles. The summed E-state index contributed by atoms with van der Waals surface area (Å²) in [4.78, 5) is 9.86. The second kappa shape index (κ2) is 9.12. The first kappa shape index (κ1) is 22.4. The third kappa shape index (κ3) is 4.54. The first-order valence-electron chi connectivity index (χ1n) is 11.6. The van der Waals surface area contributed by atoms with Crippen LogP contribution in [0.4, 0.5) is 11.5 Å². The zero-order chi connectivity index (χ0) is 23.0. The molecule has 2 aliphatic heterocycles. The minimum Gasteiger partial charge on any atom is -0.368 e. The number of anilines is 2. The van der Waals surface area contributed by atoms with Crippen LogP contribution in [-0.4, -0.2) is 57.0 Å². The zero-order valence-electron chi connectivity index (χ0n) is 18.9. The molecule has 2 fully saturated rings. The van der Waals surface area contributed by atoms with Gasteiger partial charge in [-0.05, 0) is 67.8 Å². The fourth-order valence-electron chi connectivity index (χ4n) is 4.78. The largest absolute Gasteiger partial charge is 0.368 e. The molecule has 0 saturated carbocycles. The summed E-state index contributed by atoms with van der Waals surface area (Å²) in [5.41, 5.74) is 3.24. The Morgan fingerprint density at radius 2 is 1.55 bits per heavy atom. The third-order valence-electron chi connectivity index (χ3n) is 6.71. The van der Waals surface area contributed by atoms with Crippen molar-refractivity contribution in [1.29, 1.82) is 0 Å². The van der Waals surface area contributed by atoms with Crippen LogP contribution in [-0.2, 0) is 10.0 Å². The molecule has 174 valence electrons. The van der Waals surface area contributed by atoms with Crippen LogP contribution in [0, 0.1) is 6.92 Å². The lowest BCUT2D eigenvalue weighted by Crippen LogP contribution is -2.47. The minimum absolute atomic E-state index is 0.358. The maximum absolute atomic E-state index is 13.0. The molecule has 33 heavy (non-hydrogen) atoms. The first-order chi connectivity index (χ1) is 15.9. The highest BCUT2D eigenvalue weighted by molar-refractivity contribution is 7.89. The van der Waals surface area contributed by atoms with E-state index in [1.165, 1.54) is 11.3 Å². The SMILES string of the molecule is Cc1ccc(Cl)cc1N1CCN(c2ccc3cc(S(=O)(=O)N4CCCCC4)ccc3n2)CC1. The van der Waals surface area contributed by atoms with E-state index in [9.17, 15) is 8.42 Å². The number of benzene rings is 2. The molecular weight excluding hydrogens is 456 g/mol. The molecule has 0 atom stereocenters. The highest BCUT2D eigenvalue weighted by atomic mass is 35.5. The van der Waals surface area contributed by atoms with Crippen molar-refractivity contribution >= 4 is 44.0 Å². The van der Waals surface area contributed by atoms with E-state index < -0.39 is 10.0 Å². The van der Waals surface area contributed by atoms with Crippen LogP contribution >= 0.6 is 11.6 Å². The molecule has 0 amide bonds. The molecule has 2 saturated heterocycles. The van der Waals surface area contributed by atoms with Gasteiger partial charge in [-0.2, -0.15) is 4.31 Å². The molecule has 0 spiro atoms. The van der Waals surface area contributed by atoms with Crippen molar-refractivity contribution in [3.8, 4) is 0 Å². The van der Waals surface area contributed by atoms with Gasteiger partial charge in [0.25, 0.3) is 0 Å². The summed E-state index contributed by atoms with van der Waals surface area (Å²) in [6, 6.07) is 15.3. The molecule has 1 aromatic heterocycles. The van der Waals surface area contributed by atoms with Crippen LogP contribution in [0.15, 0.2) is 53.4 Å². The van der Waals surface area contributed by atoms with E-state index in [2.05, 4.69) is 22.8 Å². The number of piperazine rings is 1. The molecular formula is C25H29ClN4O2S. The molecule has 2 aromatic carbocycles. The number of hydrogen-bond acceptors (Lipinski definition) is 5. The molecule has 0 N–H and O–H groups in total. The fraction of sp³-hybridized carbons (Fsp3) is 0.400. The van der Waals surface area contributed by atoms with Crippen molar-refractivity contribution < 1.29 is 8.42 Å². The summed E-state index contributed by atoms with van der Waals surface area (Å²) in [7, 11) is -3.44. The van der Waals surface area contributed by atoms with Gasteiger partial charge in [-0.1, -0.05) is 24.1 Å². The first-order valence-corrected chi connectivity index (χ1v) is 13.4. The molecule has 3 aromatic rings. The van der Waals surface area contributed by atoms with Crippen LogP contribution in [0.2, 0.25) is 5.02 Å². The monoisotopic (exact) mass is 484 g/mol. The average molecular weight is 485 g/mol. The number of aryl methyl sites for hydroxylation is 1. The molecule has 0 radical (unpaired) electrons. The Kier molecular flexibility index (Phi) is 6.20.